The third kappa shape index (κ3) is 7.24. The number of benzene rings is 2. The van der Waals surface area contributed by atoms with Gasteiger partial charge in [0.25, 0.3) is 0 Å². The van der Waals surface area contributed by atoms with Gasteiger partial charge in [0.1, 0.15) is 19.7 Å². The Labute approximate surface area is 265 Å². The molecule has 6 aromatic rings. The van der Waals surface area contributed by atoms with E-state index in [2.05, 4.69) is 90.6 Å². The molecule has 0 fully saturated rings. The predicted molar refractivity (Wildman–Crippen MR) is 183 cm³/mol. The van der Waals surface area contributed by atoms with E-state index >= 15 is 0 Å². The van der Waals surface area contributed by atoms with Crippen LogP contribution in [-0.4, -0.2) is 23.1 Å². The van der Waals surface area contributed by atoms with Crippen molar-refractivity contribution in [2.75, 3.05) is 18.0 Å². The molecule has 0 radical (unpaired) electrons. The van der Waals surface area contributed by atoms with Crippen LogP contribution in [-0.2, 0) is 6.42 Å². The van der Waals surface area contributed by atoms with Crippen molar-refractivity contribution in [2.24, 2.45) is 30.7 Å². The van der Waals surface area contributed by atoms with Gasteiger partial charge in [0.05, 0.1) is 20.8 Å². The third-order valence-electron chi connectivity index (χ3n) is 6.61. The van der Waals surface area contributed by atoms with Crippen molar-refractivity contribution in [1.29, 1.82) is 0 Å². The number of anilines is 1. The lowest BCUT2D eigenvalue weighted by Crippen LogP contribution is -2.21. The first-order valence-corrected chi connectivity index (χ1v) is 17.4. The Morgan fingerprint density at radius 1 is 0.605 bits per heavy atom. The second kappa shape index (κ2) is 13.7. The van der Waals surface area contributed by atoms with Gasteiger partial charge in [-0.15, -0.1) is 30.7 Å². The van der Waals surface area contributed by atoms with Crippen molar-refractivity contribution in [2.45, 2.75) is 40.0 Å². The van der Waals surface area contributed by atoms with Gasteiger partial charge in [-0.3, -0.25) is 0 Å². The number of thiophene rings is 2. The van der Waals surface area contributed by atoms with Gasteiger partial charge in [-0.25, -0.2) is 9.97 Å². The van der Waals surface area contributed by atoms with Gasteiger partial charge in [0, 0.05) is 18.8 Å². The molecule has 0 saturated heterocycles. The summed E-state index contributed by atoms with van der Waals surface area (Å²) in [5.74, 6) is 0. The molecule has 0 aliphatic carbocycles. The number of aryl methyl sites for hydroxylation is 1. The lowest BCUT2D eigenvalue weighted by Gasteiger charge is -2.20. The third-order valence-corrected chi connectivity index (χ3v) is 10.5. The van der Waals surface area contributed by atoms with Crippen LogP contribution in [0.15, 0.2) is 91.3 Å². The maximum absolute atomic E-state index is 4.60. The molecule has 0 atom stereocenters. The predicted octanol–water partition coefficient (Wildman–Crippen LogP) is 12.5. The summed E-state index contributed by atoms with van der Waals surface area (Å²) >= 11 is 5.93. The minimum absolute atomic E-state index is 0.588. The van der Waals surface area contributed by atoms with Crippen LogP contribution in [0.2, 0.25) is 0 Å². The van der Waals surface area contributed by atoms with Crippen molar-refractivity contribution < 1.29 is 0 Å². The van der Waals surface area contributed by atoms with E-state index in [1.807, 2.05) is 36.4 Å². The van der Waals surface area contributed by atoms with Crippen LogP contribution in [0, 0.1) is 0 Å². The molecule has 0 aliphatic rings. The van der Waals surface area contributed by atoms with Crippen molar-refractivity contribution in [3.63, 3.8) is 0 Å². The number of thiazole rings is 2. The molecule has 0 spiro atoms. The highest BCUT2D eigenvalue weighted by atomic mass is 32.1. The first-order chi connectivity index (χ1) is 21.1. The summed E-state index contributed by atoms with van der Waals surface area (Å²) in [6.07, 6.45) is 3.50. The molecule has 0 unspecified atom stereocenters. The van der Waals surface area contributed by atoms with Crippen LogP contribution in [0.3, 0.4) is 0 Å². The molecule has 6 rings (SSSR count). The van der Waals surface area contributed by atoms with Crippen molar-refractivity contribution in [3.8, 4) is 0 Å². The van der Waals surface area contributed by atoms with Crippen LogP contribution in [0.25, 0.3) is 19.1 Å². The Morgan fingerprint density at radius 2 is 1.12 bits per heavy atom. The number of unbranched alkanes of at least 4 members (excludes halogenated alkanes) is 1. The highest BCUT2D eigenvalue weighted by Crippen LogP contribution is 2.41. The minimum atomic E-state index is 0.588. The van der Waals surface area contributed by atoms with Crippen LogP contribution < -0.4 is 4.90 Å². The van der Waals surface area contributed by atoms with E-state index in [9.17, 15) is 0 Å². The average molecular weight is 644 g/mol. The van der Waals surface area contributed by atoms with Gasteiger partial charge in [0.15, 0.2) is 0 Å². The summed E-state index contributed by atoms with van der Waals surface area (Å²) in [7, 11) is 0. The highest BCUT2D eigenvalue weighted by molar-refractivity contribution is 7.31. The molecule has 4 aromatic heterocycles. The Hall–Kier alpha value is -3.78. The molecule has 0 aliphatic heterocycles. The Balaban J connectivity index is 1.06. The van der Waals surface area contributed by atoms with E-state index < -0.39 is 0 Å². The van der Waals surface area contributed by atoms with Crippen molar-refractivity contribution >= 4 is 102 Å². The monoisotopic (exact) mass is 643 g/mol. The number of hydrogen-bond acceptors (Lipinski definition) is 13. The Bertz CT molecular complexity index is 1830. The molecule has 9 nitrogen and oxygen atoms in total. The van der Waals surface area contributed by atoms with E-state index in [1.54, 1.807) is 0 Å². The number of nitrogens with zero attached hydrogens (tertiary/aromatic N) is 9. The normalized spacial score (nSPS) is 12.3. The highest BCUT2D eigenvalue weighted by Gasteiger charge is 2.11. The van der Waals surface area contributed by atoms with Gasteiger partial charge in [-0.2, -0.15) is 0 Å². The Kier molecular flexibility index (Phi) is 9.32. The fraction of sp³-hybridized carbons (Fsp3) is 0.267. The zero-order chi connectivity index (χ0) is 29.6. The molecule has 0 N–H and O–H groups in total. The number of rotatable bonds is 12. The fourth-order valence-electron chi connectivity index (χ4n) is 4.34. The van der Waals surface area contributed by atoms with Gasteiger partial charge in [0.2, 0.25) is 10.3 Å². The van der Waals surface area contributed by atoms with Crippen LogP contribution in [0.4, 0.5) is 37.3 Å². The van der Waals surface area contributed by atoms with Gasteiger partial charge < -0.3 is 4.90 Å². The summed E-state index contributed by atoms with van der Waals surface area (Å²) in [5, 5.41) is 29.1. The molecule has 0 amide bonds. The summed E-state index contributed by atoms with van der Waals surface area (Å²) in [5.41, 5.74) is 4.19. The second-order valence-corrected chi connectivity index (χ2v) is 13.6. The van der Waals surface area contributed by atoms with Gasteiger partial charge in [-0.05, 0) is 80.8 Å². The van der Waals surface area contributed by atoms with Crippen LogP contribution in [0.1, 0.15) is 39.2 Å². The quantitative estimate of drug-likeness (QED) is 0.124. The molecule has 43 heavy (non-hydrogen) atoms. The maximum atomic E-state index is 4.60. The summed E-state index contributed by atoms with van der Waals surface area (Å²) in [6, 6.07) is 20.4. The topological polar surface area (TPSA) is 103 Å². The lowest BCUT2D eigenvalue weighted by atomic mass is 10.1. The SMILES string of the molecule is CCCCc1ccc(N=Nc2cc3sc(N=Nc4nc5sc(N=Nc6ccc(N(CC)CC)cc6)cc5s4)nc3s2)cc1. The first-order valence-electron chi connectivity index (χ1n) is 14.1. The van der Waals surface area contributed by atoms with Crippen molar-refractivity contribution in [3.05, 3.63) is 66.2 Å². The zero-order valence-electron chi connectivity index (χ0n) is 24.0. The van der Waals surface area contributed by atoms with E-state index in [4.69, 9.17) is 0 Å². The summed E-state index contributed by atoms with van der Waals surface area (Å²) in [4.78, 5) is 13.2. The van der Waals surface area contributed by atoms with Gasteiger partial charge in [-0.1, -0.05) is 70.8 Å². The smallest absolute Gasteiger partial charge is 0.231 e. The van der Waals surface area contributed by atoms with E-state index in [-0.39, 0.29) is 0 Å². The number of aromatic nitrogens is 2. The van der Waals surface area contributed by atoms with Gasteiger partial charge >= 0.3 is 0 Å². The fourth-order valence-corrected chi connectivity index (χ4v) is 8.03. The number of azo groups is 3. The zero-order valence-corrected chi connectivity index (χ0v) is 27.2. The molecule has 13 heteroatoms. The Morgan fingerprint density at radius 3 is 1.58 bits per heavy atom. The van der Waals surface area contributed by atoms with Crippen LogP contribution >= 0.6 is 45.3 Å². The maximum Gasteiger partial charge on any atom is 0.231 e. The lowest BCUT2D eigenvalue weighted by molar-refractivity contribution is 0.795. The molecule has 218 valence electrons. The summed E-state index contributed by atoms with van der Waals surface area (Å²) < 4.78 is 2.02. The van der Waals surface area contributed by atoms with Crippen molar-refractivity contribution in [1.82, 2.24) is 9.97 Å². The minimum Gasteiger partial charge on any atom is -0.372 e. The second-order valence-electron chi connectivity index (χ2n) is 9.56. The first kappa shape index (κ1) is 29.3. The largest absolute Gasteiger partial charge is 0.372 e. The van der Waals surface area contributed by atoms with E-state index in [0.29, 0.717) is 10.3 Å². The van der Waals surface area contributed by atoms with E-state index in [0.717, 1.165) is 59.9 Å². The summed E-state index contributed by atoms with van der Waals surface area (Å²) in [6.45, 7) is 8.47. The standard InChI is InChI=1S/C30H29N9S4/c1-4-7-8-19-9-11-20(12-10-19)33-35-25-17-23-27(42-25)31-29(40-23)37-38-30-32-28-24(41-30)18-26(43-28)36-34-21-13-15-22(16-14-21)39(5-2)6-3/h9-18H,4-8H2,1-3H3. The van der Waals surface area contributed by atoms with Crippen LogP contribution in [0.5, 0.6) is 0 Å². The number of hydrogen-bond donors (Lipinski definition) is 0. The van der Waals surface area contributed by atoms with E-state index in [1.165, 1.54) is 69.4 Å². The molecule has 2 aromatic carbocycles. The molecular formula is C30H29N9S4. The molecule has 0 bridgehead atoms. The average Bonchev–Trinajstić information content (AvgIpc) is 3.78. The number of fused-ring (bicyclic) bond motifs is 2. The molecule has 4 heterocycles. The molecule has 0 saturated carbocycles. The molecular weight excluding hydrogens is 615 g/mol.